The van der Waals surface area contributed by atoms with Crippen molar-refractivity contribution in [3.05, 3.63) is 33.8 Å². The molecule has 0 aliphatic heterocycles. The summed E-state index contributed by atoms with van der Waals surface area (Å²) in [6.07, 6.45) is -4.16. The van der Waals surface area contributed by atoms with Gasteiger partial charge in [-0.25, -0.2) is 0 Å². The van der Waals surface area contributed by atoms with E-state index in [-0.39, 0.29) is 25.4 Å². The van der Waals surface area contributed by atoms with Crippen molar-refractivity contribution < 1.29 is 18.3 Å². The van der Waals surface area contributed by atoms with Crippen LogP contribution in [0.2, 0.25) is 0 Å². The number of hydrogen-bond acceptors (Lipinski definition) is 2. The number of rotatable bonds is 3. The van der Waals surface area contributed by atoms with Gasteiger partial charge in [0.15, 0.2) is 0 Å². The highest BCUT2D eigenvalue weighted by Crippen LogP contribution is 2.33. The van der Waals surface area contributed by atoms with Gasteiger partial charge in [-0.2, -0.15) is 13.2 Å². The lowest BCUT2D eigenvalue weighted by atomic mass is 10.0. The zero-order valence-electron chi connectivity index (χ0n) is 8.67. The molecule has 0 amide bonds. The molecule has 0 aromatic heterocycles. The second-order valence-electron chi connectivity index (χ2n) is 3.35. The van der Waals surface area contributed by atoms with E-state index >= 15 is 0 Å². The van der Waals surface area contributed by atoms with Gasteiger partial charge in [-0.1, -0.05) is 15.9 Å². The molecule has 0 fully saturated rings. The Hall–Kier alpha value is -0.300. The first-order valence-electron chi connectivity index (χ1n) is 4.59. The lowest BCUT2D eigenvalue weighted by Gasteiger charge is -2.15. The SMILES string of the molecule is Cl.N[C@@H](CCO)c1cc(C(F)(F)F)ccc1Br. The summed E-state index contributed by atoms with van der Waals surface area (Å²) in [6, 6.07) is 2.70. The summed E-state index contributed by atoms with van der Waals surface area (Å²) in [4.78, 5) is 0. The molecule has 2 nitrogen and oxygen atoms in total. The van der Waals surface area contributed by atoms with E-state index in [1.807, 2.05) is 0 Å². The summed E-state index contributed by atoms with van der Waals surface area (Å²) >= 11 is 3.14. The van der Waals surface area contributed by atoms with Gasteiger partial charge in [0.2, 0.25) is 0 Å². The predicted molar refractivity (Wildman–Crippen MR) is 65.0 cm³/mol. The minimum atomic E-state index is -4.38. The first-order valence-corrected chi connectivity index (χ1v) is 5.38. The van der Waals surface area contributed by atoms with E-state index in [0.717, 1.165) is 12.1 Å². The molecule has 17 heavy (non-hydrogen) atoms. The van der Waals surface area contributed by atoms with Gasteiger partial charge in [-0.3, -0.25) is 0 Å². The Bertz CT molecular complexity index is 373. The Morgan fingerprint density at radius 2 is 1.94 bits per heavy atom. The molecule has 0 saturated heterocycles. The molecule has 1 aromatic carbocycles. The maximum atomic E-state index is 12.4. The van der Waals surface area contributed by atoms with Crippen LogP contribution in [0.4, 0.5) is 13.2 Å². The van der Waals surface area contributed by atoms with Gasteiger partial charge >= 0.3 is 6.18 Å². The number of halogens is 5. The number of aliphatic hydroxyl groups is 1. The summed E-state index contributed by atoms with van der Waals surface area (Å²) in [6.45, 7) is -0.163. The molecule has 0 aliphatic rings. The molecule has 0 radical (unpaired) electrons. The Kier molecular flexibility index (Phi) is 6.47. The Labute approximate surface area is 112 Å². The van der Waals surface area contributed by atoms with Gasteiger partial charge in [0.05, 0.1) is 5.56 Å². The molecule has 0 aliphatic carbocycles. The van der Waals surface area contributed by atoms with E-state index in [4.69, 9.17) is 10.8 Å². The fourth-order valence-corrected chi connectivity index (χ4v) is 1.84. The van der Waals surface area contributed by atoms with Crippen LogP contribution in [0, 0.1) is 0 Å². The first kappa shape index (κ1) is 16.7. The van der Waals surface area contributed by atoms with E-state index in [1.54, 1.807) is 0 Å². The molecule has 0 spiro atoms. The predicted octanol–water partition coefficient (Wildman–Crippen LogP) is 3.27. The number of alkyl halides is 3. The Balaban J connectivity index is 0.00000256. The number of benzene rings is 1. The van der Waals surface area contributed by atoms with E-state index in [1.165, 1.54) is 6.07 Å². The van der Waals surface area contributed by atoms with Gasteiger partial charge in [0, 0.05) is 17.1 Å². The molecule has 1 atom stereocenters. The summed E-state index contributed by atoms with van der Waals surface area (Å²) in [7, 11) is 0. The van der Waals surface area contributed by atoms with Gasteiger partial charge in [0.25, 0.3) is 0 Å². The average molecular weight is 335 g/mol. The standard InChI is InChI=1S/C10H11BrF3NO.ClH/c11-8-2-1-6(10(12,13)14)5-7(8)9(15)3-4-16;/h1-2,5,9,16H,3-4,15H2;1H/t9-;/m0./s1. The lowest BCUT2D eigenvalue weighted by molar-refractivity contribution is -0.137. The van der Waals surface area contributed by atoms with Crippen molar-refractivity contribution in [3.8, 4) is 0 Å². The fraction of sp³-hybridized carbons (Fsp3) is 0.400. The van der Waals surface area contributed by atoms with Crippen LogP contribution in [0.3, 0.4) is 0 Å². The molecule has 0 heterocycles. The van der Waals surface area contributed by atoms with E-state index in [2.05, 4.69) is 15.9 Å². The highest BCUT2D eigenvalue weighted by molar-refractivity contribution is 9.10. The molecule has 0 unspecified atom stereocenters. The van der Waals surface area contributed by atoms with E-state index in [9.17, 15) is 13.2 Å². The van der Waals surface area contributed by atoms with Crippen LogP contribution in [0.15, 0.2) is 22.7 Å². The first-order chi connectivity index (χ1) is 7.36. The van der Waals surface area contributed by atoms with Crippen LogP contribution in [0.25, 0.3) is 0 Å². The highest BCUT2D eigenvalue weighted by Gasteiger charge is 2.31. The molecule has 1 rings (SSSR count). The molecule has 1 aromatic rings. The molecule has 0 bridgehead atoms. The van der Waals surface area contributed by atoms with Crippen molar-refractivity contribution in [1.29, 1.82) is 0 Å². The smallest absolute Gasteiger partial charge is 0.396 e. The highest BCUT2D eigenvalue weighted by atomic mass is 79.9. The third-order valence-electron chi connectivity index (χ3n) is 2.16. The third-order valence-corrected chi connectivity index (χ3v) is 2.89. The van der Waals surface area contributed by atoms with Crippen molar-refractivity contribution in [3.63, 3.8) is 0 Å². The largest absolute Gasteiger partial charge is 0.416 e. The van der Waals surface area contributed by atoms with Gasteiger partial charge in [0.1, 0.15) is 0 Å². The molecular formula is C10H12BrClF3NO. The number of nitrogens with two attached hydrogens (primary N) is 1. The van der Waals surface area contributed by atoms with Crippen LogP contribution >= 0.6 is 28.3 Å². The van der Waals surface area contributed by atoms with Gasteiger partial charge in [-0.15, -0.1) is 12.4 Å². The normalized spacial score (nSPS) is 13.1. The number of aliphatic hydroxyl groups excluding tert-OH is 1. The average Bonchev–Trinajstić information content (AvgIpc) is 2.16. The van der Waals surface area contributed by atoms with Crippen LogP contribution in [0.1, 0.15) is 23.6 Å². The van der Waals surface area contributed by atoms with E-state index in [0.29, 0.717) is 10.0 Å². The number of hydrogen-bond donors (Lipinski definition) is 2. The Morgan fingerprint density at radius 3 is 2.41 bits per heavy atom. The topological polar surface area (TPSA) is 46.2 Å². The van der Waals surface area contributed by atoms with Crippen molar-refractivity contribution >= 4 is 28.3 Å². The zero-order valence-corrected chi connectivity index (χ0v) is 11.1. The molecule has 98 valence electrons. The van der Waals surface area contributed by atoms with Crippen molar-refractivity contribution in [1.82, 2.24) is 0 Å². The lowest BCUT2D eigenvalue weighted by Crippen LogP contribution is -2.14. The minimum Gasteiger partial charge on any atom is -0.396 e. The Morgan fingerprint density at radius 1 is 1.35 bits per heavy atom. The molecule has 7 heteroatoms. The summed E-state index contributed by atoms with van der Waals surface area (Å²) in [5.74, 6) is 0. The molecule has 3 N–H and O–H groups in total. The van der Waals surface area contributed by atoms with Crippen LogP contribution < -0.4 is 5.73 Å². The van der Waals surface area contributed by atoms with Crippen molar-refractivity contribution in [2.45, 2.75) is 18.6 Å². The van der Waals surface area contributed by atoms with Gasteiger partial charge in [-0.05, 0) is 30.2 Å². The van der Waals surface area contributed by atoms with Crippen LogP contribution in [0.5, 0.6) is 0 Å². The molecular weight excluding hydrogens is 322 g/mol. The summed E-state index contributed by atoms with van der Waals surface area (Å²) < 4.78 is 37.8. The monoisotopic (exact) mass is 333 g/mol. The second-order valence-corrected chi connectivity index (χ2v) is 4.21. The van der Waals surface area contributed by atoms with Crippen LogP contribution in [-0.2, 0) is 6.18 Å². The maximum absolute atomic E-state index is 12.4. The fourth-order valence-electron chi connectivity index (χ4n) is 1.30. The van der Waals surface area contributed by atoms with Crippen molar-refractivity contribution in [2.24, 2.45) is 5.73 Å². The van der Waals surface area contributed by atoms with Crippen molar-refractivity contribution in [2.75, 3.05) is 6.61 Å². The van der Waals surface area contributed by atoms with Gasteiger partial charge < -0.3 is 10.8 Å². The van der Waals surface area contributed by atoms with E-state index < -0.39 is 17.8 Å². The quantitative estimate of drug-likeness (QED) is 0.891. The molecule has 0 saturated carbocycles. The summed E-state index contributed by atoms with van der Waals surface area (Å²) in [5, 5.41) is 8.70. The van der Waals surface area contributed by atoms with Crippen LogP contribution in [-0.4, -0.2) is 11.7 Å². The zero-order chi connectivity index (χ0) is 12.3. The minimum absolute atomic E-state index is 0. The third kappa shape index (κ3) is 4.46. The maximum Gasteiger partial charge on any atom is 0.416 e. The summed E-state index contributed by atoms with van der Waals surface area (Å²) in [5.41, 5.74) is 5.28. The second kappa shape index (κ2) is 6.58.